The van der Waals surface area contributed by atoms with Gasteiger partial charge < -0.3 is 10.1 Å². The van der Waals surface area contributed by atoms with Gasteiger partial charge in [-0.25, -0.2) is 0 Å². The molecule has 1 aromatic heterocycles. The number of likely N-dealkylation sites (tertiary alicyclic amines) is 1. The molecule has 1 fully saturated rings. The molecule has 0 aliphatic carbocycles. The second-order valence-corrected chi connectivity index (χ2v) is 6.49. The molecule has 0 N–H and O–H groups in total. The van der Waals surface area contributed by atoms with Crippen LogP contribution < -0.4 is 4.90 Å². The van der Waals surface area contributed by atoms with Gasteiger partial charge in [-0.15, -0.1) is 0 Å². The van der Waals surface area contributed by atoms with E-state index in [0.29, 0.717) is 41.9 Å². The number of carbonyl (C=O) groups is 1. The fourth-order valence-electron chi connectivity index (χ4n) is 3.51. The number of rotatable bonds is 2. The highest BCUT2D eigenvalue weighted by Gasteiger charge is 2.37. The molecule has 2 heterocycles. The van der Waals surface area contributed by atoms with Gasteiger partial charge in [0.05, 0.1) is 11.5 Å². The number of hydrogen-bond donors (Lipinski definition) is 0. The van der Waals surface area contributed by atoms with Crippen molar-refractivity contribution >= 4 is 16.9 Å². The maximum atomic E-state index is 12.8. The van der Waals surface area contributed by atoms with Gasteiger partial charge in [0.2, 0.25) is 11.0 Å². The molecule has 1 aliphatic rings. The first-order valence-electron chi connectivity index (χ1n) is 8.38. The lowest BCUT2D eigenvalue weighted by Crippen LogP contribution is -2.44. The number of amides is 1. The van der Waals surface area contributed by atoms with E-state index in [2.05, 4.69) is 15.9 Å². The number of fused-ring (bicyclic) bond motifs is 1. The number of hydrogen-bond acceptors (Lipinski definition) is 5. The van der Waals surface area contributed by atoms with Gasteiger partial charge >= 0.3 is 0 Å². The van der Waals surface area contributed by atoms with Crippen LogP contribution in [0.3, 0.4) is 0 Å². The zero-order valence-electron chi connectivity index (χ0n) is 14.0. The highest BCUT2D eigenvalue weighted by Crippen LogP contribution is 2.35. The summed E-state index contributed by atoms with van der Waals surface area (Å²) in [6.45, 7) is 0.999. The summed E-state index contributed by atoms with van der Waals surface area (Å²) >= 11 is 0. The van der Waals surface area contributed by atoms with Gasteiger partial charge in [0.1, 0.15) is 0 Å². The van der Waals surface area contributed by atoms with Gasteiger partial charge in [-0.2, -0.15) is 5.26 Å². The van der Waals surface area contributed by atoms with Crippen LogP contribution in [0, 0.1) is 16.5 Å². The summed E-state index contributed by atoms with van der Waals surface area (Å²) in [7, 11) is 0. The van der Waals surface area contributed by atoms with Gasteiger partial charge in [0.25, 0.3) is 5.91 Å². The van der Waals surface area contributed by atoms with Crippen molar-refractivity contribution in [2.24, 2.45) is 0 Å². The molecule has 26 heavy (non-hydrogen) atoms. The molecule has 1 aliphatic heterocycles. The molecule has 1 amide bonds. The van der Waals surface area contributed by atoms with Crippen LogP contribution in [0.2, 0.25) is 0 Å². The van der Waals surface area contributed by atoms with Crippen molar-refractivity contribution in [2.45, 2.75) is 18.3 Å². The number of nitrogens with zero attached hydrogens (tertiary/aromatic N) is 4. The number of nitriles is 1. The third-order valence-corrected chi connectivity index (χ3v) is 5.08. The summed E-state index contributed by atoms with van der Waals surface area (Å²) in [5.74, 6) is -0.132. The van der Waals surface area contributed by atoms with E-state index in [1.165, 1.54) is 6.07 Å². The Labute approximate surface area is 149 Å². The van der Waals surface area contributed by atoms with E-state index in [4.69, 9.17) is 0 Å². The van der Waals surface area contributed by atoms with E-state index < -0.39 is 5.41 Å². The van der Waals surface area contributed by atoms with E-state index in [9.17, 15) is 15.3 Å². The Morgan fingerprint density at radius 3 is 2.65 bits per heavy atom. The maximum absolute atomic E-state index is 12.8. The molecule has 0 radical (unpaired) electrons. The normalized spacial score (nSPS) is 16.3. The van der Waals surface area contributed by atoms with Crippen LogP contribution in [-0.4, -0.2) is 29.1 Å². The quantitative estimate of drug-likeness (QED) is 0.661. The zero-order chi connectivity index (χ0) is 18.1. The summed E-state index contributed by atoms with van der Waals surface area (Å²) in [5, 5.41) is 24.8. The Bertz CT molecular complexity index is 999. The van der Waals surface area contributed by atoms with E-state index in [1.54, 1.807) is 17.0 Å². The molecule has 0 saturated carbocycles. The zero-order valence-corrected chi connectivity index (χ0v) is 14.0. The first kappa shape index (κ1) is 16.1. The van der Waals surface area contributed by atoms with Crippen molar-refractivity contribution in [3.8, 4) is 6.07 Å². The largest absolute Gasteiger partial charge is 0.359 e. The molecule has 130 valence electrons. The minimum absolute atomic E-state index is 0.132. The van der Waals surface area contributed by atoms with Crippen molar-refractivity contribution in [1.29, 1.82) is 5.26 Å². The monoisotopic (exact) mass is 348 g/mol. The number of benzene rings is 2. The molecular formula is C19H16N4O3. The molecule has 7 heteroatoms. The highest BCUT2D eigenvalue weighted by atomic mass is 16.8. The minimum atomic E-state index is -0.553. The van der Waals surface area contributed by atoms with Crippen molar-refractivity contribution in [1.82, 2.24) is 10.1 Å². The molecule has 7 nitrogen and oxygen atoms in total. The first-order chi connectivity index (χ1) is 12.6. The van der Waals surface area contributed by atoms with Crippen LogP contribution >= 0.6 is 0 Å². The SMILES string of the molecule is N#CC1(c2ccccc2)CCN(C(=O)c2ccc3c(c2)no[n+]3[O-])CC1. The molecule has 2 aromatic carbocycles. The summed E-state index contributed by atoms with van der Waals surface area (Å²) < 4.78 is 4.54. The smallest absolute Gasteiger partial charge is 0.254 e. The van der Waals surface area contributed by atoms with Gasteiger partial charge in [0.15, 0.2) is 0 Å². The van der Waals surface area contributed by atoms with E-state index in [1.807, 2.05) is 30.3 Å². The molecule has 3 aromatic rings. The van der Waals surface area contributed by atoms with Crippen LogP contribution in [0.5, 0.6) is 0 Å². The summed E-state index contributed by atoms with van der Waals surface area (Å²) in [4.78, 5) is 14.8. The average Bonchev–Trinajstić information content (AvgIpc) is 3.08. The van der Waals surface area contributed by atoms with Crippen LogP contribution in [0.25, 0.3) is 11.0 Å². The maximum Gasteiger partial charge on any atom is 0.254 e. The third kappa shape index (κ3) is 2.56. The van der Waals surface area contributed by atoms with Crippen LogP contribution in [0.15, 0.2) is 53.2 Å². The van der Waals surface area contributed by atoms with Crippen LogP contribution in [-0.2, 0) is 5.41 Å². The molecule has 0 spiro atoms. The lowest BCUT2D eigenvalue weighted by atomic mass is 9.74. The predicted octanol–water partition coefficient (Wildman–Crippen LogP) is 2.16. The Kier molecular flexibility index (Phi) is 3.81. The highest BCUT2D eigenvalue weighted by molar-refractivity contribution is 5.97. The fourth-order valence-corrected chi connectivity index (χ4v) is 3.51. The van der Waals surface area contributed by atoms with E-state index in [0.717, 1.165) is 5.56 Å². The van der Waals surface area contributed by atoms with E-state index >= 15 is 0 Å². The molecular weight excluding hydrogens is 332 g/mol. The molecule has 0 atom stereocenters. The molecule has 1 saturated heterocycles. The summed E-state index contributed by atoms with van der Waals surface area (Å²) in [6.07, 6.45) is 1.18. The van der Waals surface area contributed by atoms with E-state index in [-0.39, 0.29) is 11.4 Å². The average molecular weight is 348 g/mol. The first-order valence-corrected chi connectivity index (χ1v) is 8.38. The van der Waals surface area contributed by atoms with Crippen molar-refractivity contribution < 1.29 is 14.3 Å². The van der Waals surface area contributed by atoms with Crippen LogP contribution in [0.1, 0.15) is 28.8 Å². The lowest BCUT2D eigenvalue weighted by Gasteiger charge is -2.37. The second-order valence-electron chi connectivity index (χ2n) is 6.49. The fraction of sp³-hybridized carbons (Fsp3) is 0.263. The van der Waals surface area contributed by atoms with Gasteiger partial charge in [-0.3, -0.25) is 9.42 Å². The standard InChI is InChI=1S/C19H16N4O3/c20-13-19(15-4-2-1-3-5-15)8-10-22(11-9-19)18(24)14-6-7-17-16(12-14)21-26-23(17)25/h1-7,12H,8-11H2. The summed E-state index contributed by atoms with van der Waals surface area (Å²) in [5.41, 5.74) is 1.53. The van der Waals surface area contributed by atoms with Gasteiger partial charge in [0, 0.05) is 29.9 Å². The molecule has 0 unspecified atom stereocenters. The number of piperidine rings is 1. The second kappa shape index (κ2) is 6.15. The van der Waals surface area contributed by atoms with Crippen molar-refractivity contribution in [3.63, 3.8) is 0 Å². The van der Waals surface area contributed by atoms with Gasteiger partial charge in [-0.05, 0) is 35.4 Å². The molecule has 0 bridgehead atoms. The predicted molar refractivity (Wildman–Crippen MR) is 91.8 cm³/mol. The Hall–Kier alpha value is -3.40. The lowest BCUT2D eigenvalue weighted by molar-refractivity contribution is -0.782. The minimum Gasteiger partial charge on any atom is -0.359 e. The Morgan fingerprint density at radius 1 is 1.23 bits per heavy atom. The third-order valence-electron chi connectivity index (χ3n) is 5.08. The topological polar surface area (TPSA) is 97.1 Å². The Balaban J connectivity index is 1.53. The van der Waals surface area contributed by atoms with Gasteiger partial charge in [-0.1, -0.05) is 30.3 Å². The number of carbonyl (C=O) groups excluding carboxylic acids is 1. The van der Waals surface area contributed by atoms with Crippen molar-refractivity contribution in [2.75, 3.05) is 13.1 Å². The van der Waals surface area contributed by atoms with Crippen molar-refractivity contribution in [3.05, 3.63) is 64.9 Å². The molecule has 4 rings (SSSR count). The summed E-state index contributed by atoms with van der Waals surface area (Å²) in [6, 6.07) is 16.9. The number of aromatic nitrogens is 2. The van der Waals surface area contributed by atoms with Crippen LogP contribution in [0.4, 0.5) is 0 Å². The Morgan fingerprint density at radius 2 is 1.96 bits per heavy atom.